The molecule has 1 N–H and O–H groups in total. The maximum atomic E-state index is 13.3. The summed E-state index contributed by atoms with van der Waals surface area (Å²) >= 11 is 0. The van der Waals surface area contributed by atoms with Gasteiger partial charge in [-0.3, -0.25) is 0 Å². The molecule has 0 fully saturated rings. The van der Waals surface area contributed by atoms with Crippen molar-refractivity contribution in [2.24, 2.45) is 0 Å². The van der Waals surface area contributed by atoms with E-state index in [0.29, 0.717) is 12.3 Å². The molecule has 2 aromatic carbocycles. The molecule has 3 nitrogen and oxygen atoms in total. The highest BCUT2D eigenvalue weighted by molar-refractivity contribution is 5.62. The van der Waals surface area contributed by atoms with Crippen molar-refractivity contribution in [3.05, 3.63) is 77.2 Å². The predicted octanol–water partition coefficient (Wildman–Crippen LogP) is 5.13. The second kappa shape index (κ2) is 7.34. The number of rotatable bonds is 5. The van der Waals surface area contributed by atoms with Gasteiger partial charge in [-0.2, -0.15) is 4.39 Å². The van der Waals surface area contributed by atoms with Gasteiger partial charge < -0.3 is 10.1 Å². The number of nitrogens with one attached hydrogen (secondary N) is 1. The van der Waals surface area contributed by atoms with Crippen LogP contribution >= 0.6 is 0 Å². The molecule has 1 heterocycles. The van der Waals surface area contributed by atoms with Crippen LogP contribution in [0.25, 0.3) is 11.3 Å². The lowest BCUT2D eigenvalue weighted by Crippen LogP contribution is -2.03. The minimum absolute atomic E-state index is 0.477. The second-order valence-corrected chi connectivity index (χ2v) is 5.97. The topological polar surface area (TPSA) is 34.1 Å². The zero-order valence-corrected chi connectivity index (χ0v) is 14.6. The number of ether oxygens (including phenoxy) is 1. The first kappa shape index (κ1) is 17.0. The van der Waals surface area contributed by atoms with Crippen molar-refractivity contribution < 1.29 is 9.13 Å². The van der Waals surface area contributed by atoms with Gasteiger partial charge >= 0.3 is 0 Å². The van der Waals surface area contributed by atoms with Crippen LogP contribution in [0.2, 0.25) is 0 Å². The summed E-state index contributed by atoms with van der Waals surface area (Å²) in [6.07, 6.45) is 0. The summed E-state index contributed by atoms with van der Waals surface area (Å²) in [4.78, 5) is 3.93. The van der Waals surface area contributed by atoms with Crippen molar-refractivity contribution in [2.45, 2.75) is 20.5 Å². The third-order valence-corrected chi connectivity index (χ3v) is 4.24. The number of aromatic nitrogens is 1. The van der Waals surface area contributed by atoms with Gasteiger partial charge in [-0.1, -0.05) is 18.2 Å². The smallest absolute Gasteiger partial charge is 0.213 e. The molecule has 128 valence electrons. The van der Waals surface area contributed by atoms with Gasteiger partial charge in [-0.15, -0.1) is 0 Å². The fraction of sp³-hybridized carbons (Fsp3) is 0.190. The first-order chi connectivity index (χ1) is 12.1. The van der Waals surface area contributed by atoms with Gasteiger partial charge in [0.05, 0.1) is 5.69 Å². The van der Waals surface area contributed by atoms with Crippen LogP contribution in [0.4, 0.5) is 10.1 Å². The summed E-state index contributed by atoms with van der Waals surface area (Å²) in [6.45, 7) is 4.54. The van der Waals surface area contributed by atoms with E-state index in [1.54, 1.807) is 12.1 Å². The van der Waals surface area contributed by atoms with Gasteiger partial charge in [0.25, 0.3) is 0 Å². The van der Waals surface area contributed by atoms with Gasteiger partial charge in [0.15, 0.2) is 0 Å². The van der Waals surface area contributed by atoms with Crippen LogP contribution in [-0.2, 0) is 6.61 Å². The number of aryl methyl sites for hydroxylation is 2. The maximum absolute atomic E-state index is 13.3. The lowest BCUT2D eigenvalue weighted by atomic mass is 10.1. The minimum atomic E-state index is -0.477. The van der Waals surface area contributed by atoms with Crippen molar-refractivity contribution in [1.82, 2.24) is 4.98 Å². The fourth-order valence-corrected chi connectivity index (χ4v) is 2.82. The molecule has 0 atom stereocenters. The second-order valence-electron chi connectivity index (χ2n) is 5.97. The zero-order chi connectivity index (χ0) is 17.8. The number of anilines is 1. The molecule has 0 aliphatic heterocycles. The lowest BCUT2D eigenvalue weighted by molar-refractivity contribution is 0.304. The highest BCUT2D eigenvalue weighted by Gasteiger charge is 2.08. The largest absolute Gasteiger partial charge is 0.489 e. The zero-order valence-electron chi connectivity index (χ0n) is 14.6. The minimum Gasteiger partial charge on any atom is -0.489 e. The van der Waals surface area contributed by atoms with Crippen LogP contribution in [0.3, 0.4) is 0 Å². The Labute approximate surface area is 147 Å². The number of hydrogen-bond acceptors (Lipinski definition) is 3. The predicted molar refractivity (Wildman–Crippen MR) is 99.4 cm³/mol. The number of halogens is 1. The van der Waals surface area contributed by atoms with Crippen LogP contribution in [-0.4, -0.2) is 12.0 Å². The highest BCUT2D eigenvalue weighted by atomic mass is 19.1. The third kappa shape index (κ3) is 3.79. The van der Waals surface area contributed by atoms with Crippen LogP contribution in [0.1, 0.15) is 16.7 Å². The molecule has 0 spiro atoms. The molecule has 3 rings (SSSR count). The normalized spacial score (nSPS) is 10.6. The molecule has 0 saturated heterocycles. The number of nitrogens with zero attached hydrogens (tertiary/aromatic N) is 1. The molecule has 0 radical (unpaired) electrons. The summed E-state index contributed by atoms with van der Waals surface area (Å²) in [6, 6.07) is 16.7. The molecule has 0 aliphatic rings. The average Bonchev–Trinajstić information content (AvgIpc) is 2.61. The molecule has 3 aromatic rings. The summed E-state index contributed by atoms with van der Waals surface area (Å²) in [5.41, 5.74) is 5.87. The quantitative estimate of drug-likeness (QED) is 0.656. The summed E-state index contributed by atoms with van der Waals surface area (Å²) in [5, 5.41) is 3.20. The average molecular weight is 336 g/mol. The van der Waals surface area contributed by atoms with Gasteiger partial charge in [0.2, 0.25) is 5.95 Å². The standard InChI is InChI=1S/C21H21FN2O/c1-14-6-4-8-19(23-3)17(14)13-25-20-11-10-16(12-15(20)2)18-7-5-9-21(22)24-18/h4-12,23H,13H2,1-3H3. The van der Waals surface area contributed by atoms with E-state index in [2.05, 4.69) is 23.3 Å². The van der Waals surface area contributed by atoms with E-state index in [1.807, 2.05) is 44.3 Å². The van der Waals surface area contributed by atoms with E-state index in [0.717, 1.165) is 28.1 Å². The molecule has 0 bridgehead atoms. The van der Waals surface area contributed by atoms with Gasteiger partial charge in [-0.05, 0) is 61.4 Å². The van der Waals surface area contributed by atoms with Crippen molar-refractivity contribution in [3.63, 3.8) is 0 Å². The van der Waals surface area contributed by atoms with Gasteiger partial charge in [0, 0.05) is 23.9 Å². The van der Waals surface area contributed by atoms with E-state index < -0.39 is 5.95 Å². The molecule has 0 amide bonds. The van der Waals surface area contributed by atoms with E-state index in [1.165, 1.54) is 11.6 Å². The van der Waals surface area contributed by atoms with Gasteiger partial charge in [-0.25, -0.2) is 4.98 Å². The Morgan fingerprint density at radius 2 is 1.80 bits per heavy atom. The molecule has 0 unspecified atom stereocenters. The van der Waals surface area contributed by atoms with Gasteiger partial charge in [0.1, 0.15) is 12.4 Å². The summed E-state index contributed by atoms with van der Waals surface area (Å²) in [5.74, 6) is 0.333. The number of hydrogen-bond donors (Lipinski definition) is 1. The Bertz CT molecular complexity index is 893. The molecule has 1 aromatic heterocycles. The van der Waals surface area contributed by atoms with Crippen LogP contribution < -0.4 is 10.1 Å². The molecular weight excluding hydrogens is 315 g/mol. The number of benzene rings is 2. The summed E-state index contributed by atoms with van der Waals surface area (Å²) in [7, 11) is 1.91. The fourth-order valence-electron chi connectivity index (χ4n) is 2.82. The molecule has 25 heavy (non-hydrogen) atoms. The first-order valence-corrected chi connectivity index (χ1v) is 8.21. The Hall–Kier alpha value is -2.88. The highest BCUT2D eigenvalue weighted by Crippen LogP contribution is 2.27. The first-order valence-electron chi connectivity index (χ1n) is 8.21. The Morgan fingerprint density at radius 1 is 1.00 bits per heavy atom. The van der Waals surface area contributed by atoms with Crippen LogP contribution in [0.5, 0.6) is 5.75 Å². The maximum Gasteiger partial charge on any atom is 0.213 e. The van der Waals surface area contributed by atoms with Crippen LogP contribution in [0, 0.1) is 19.8 Å². The molecule has 0 saturated carbocycles. The monoisotopic (exact) mass is 336 g/mol. The van der Waals surface area contributed by atoms with Crippen molar-refractivity contribution >= 4 is 5.69 Å². The van der Waals surface area contributed by atoms with Crippen molar-refractivity contribution in [1.29, 1.82) is 0 Å². The molecular formula is C21H21FN2O. The Balaban J connectivity index is 1.81. The van der Waals surface area contributed by atoms with E-state index in [9.17, 15) is 4.39 Å². The molecule has 0 aliphatic carbocycles. The van der Waals surface area contributed by atoms with E-state index in [-0.39, 0.29) is 0 Å². The third-order valence-electron chi connectivity index (χ3n) is 4.24. The van der Waals surface area contributed by atoms with E-state index in [4.69, 9.17) is 4.74 Å². The van der Waals surface area contributed by atoms with Crippen molar-refractivity contribution in [3.8, 4) is 17.0 Å². The SMILES string of the molecule is CNc1cccc(C)c1COc1ccc(-c2cccc(F)n2)cc1C. The Morgan fingerprint density at radius 3 is 2.52 bits per heavy atom. The van der Waals surface area contributed by atoms with Crippen molar-refractivity contribution in [2.75, 3.05) is 12.4 Å². The molecule has 4 heteroatoms. The number of pyridine rings is 1. The Kier molecular flexibility index (Phi) is 4.98. The van der Waals surface area contributed by atoms with Crippen LogP contribution in [0.15, 0.2) is 54.6 Å². The summed E-state index contributed by atoms with van der Waals surface area (Å²) < 4.78 is 19.3. The van der Waals surface area contributed by atoms with E-state index >= 15 is 0 Å². The lowest BCUT2D eigenvalue weighted by Gasteiger charge is -2.15.